The van der Waals surface area contributed by atoms with Gasteiger partial charge in [0.2, 0.25) is 0 Å². The number of rotatable bonds is 5. The van der Waals surface area contributed by atoms with E-state index in [-0.39, 0.29) is 0 Å². The fraction of sp³-hybridized carbons (Fsp3) is 0.500. The van der Waals surface area contributed by atoms with Gasteiger partial charge in [0.25, 0.3) is 0 Å². The summed E-state index contributed by atoms with van der Waals surface area (Å²) in [6, 6.07) is 3.38. The van der Waals surface area contributed by atoms with Gasteiger partial charge >= 0.3 is 7.48 Å². The summed E-state index contributed by atoms with van der Waals surface area (Å²) in [5, 5.41) is 10.0. The van der Waals surface area contributed by atoms with Gasteiger partial charge in [-0.15, -0.1) is 0 Å². The Bertz CT molecular complexity index is 487. The topological polar surface area (TPSA) is 67.8 Å². The highest BCUT2D eigenvalue weighted by Crippen LogP contribution is 2.25. The van der Waals surface area contributed by atoms with Crippen LogP contribution in [0.3, 0.4) is 0 Å². The van der Waals surface area contributed by atoms with E-state index in [1.54, 1.807) is 39.8 Å². The average Bonchev–Trinajstić information content (AvgIpc) is 2.29. The van der Waals surface area contributed by atoms with Gasteiger partial charge in [0.15, 0.2) is 0 Å². The van der Waals surface area contributed by atoms with E-state index < -0.39 is 11.2 Å². The minimum atomic E-state index is -1.01. The van der Waals surface area contributed by atoms with Crippen molar-refractivity contribution in [3.63, 3.8) is 0 Å². The standard InChI is InChI=1S/C12H17B2N2O2S/c1-11(2,17)12(3,4)18-14-8-6-5-7(13)9(15)10(8)16-19/h5-6,17H,15H2,1-4H3. The van der Waals surface area contributed by atoms with Crippen molar-refractivity contribution in [2.75, 3.05) is 5.73 Å². The molecule has 1 aromatic carbocycles. The van der Waals surface area contributed by atoms with Crippen LogP contribution in [-0.4, -0.2) is 31.6 Å². The van der Waals surface area contributed by atoms with Crippen LogP contribution in [-0.2, 0) is 17.1 Å². The molecule has 19 heavy (non-hydrogen) atoms. The van der Waals surface area contributed by atoms with Crippen LogP contribution in [0.1, 0.15) is 27.7 Å². The molecular weight excluding hydrogens is 258 g/mol. The maximum absolute atomic E-state index is 10.0. The third-order valence-corrected chi connectivity index (χ3v) is 3.51. The van der Waals surface area contributed by atoms with Crippen molar-refractivity contribution in [3.05, 3.63) is 12.1 Å². The second-order valence-electron chi connectivity index (χ2n) is 5.40. The van der Waals surface area contributed by atoms with Crippen molar-refractivity contribution in [1.82, 2.24) is 0 Å². The van der Waals surface area contributed by atoms with Crippen molar-refractivity contribution in [1.29, 1.82) is 0 Å². The monoisotopic (exact) mass is 275 g/mol. The van der Waals surface area contributed by atoms with E-state index in [1.165, 1.54) is 7.48 Å². The summed E-state index contributed by atoms with van der Waals surface area (Å²) in [4.78, 5) is 0. The van der Waals surface area contributed by atoms with Crippen LogP contribution in [0.4, 0.5) is 11.4 Å². The Kier molecular flexibility index (Phi) is 4.76. The fourth-order valence-corrected chi connectivity index (χ4v) is 1.40. The lowest BCUT2D eigenvalue weighted by atomic mass is 9.79. The normalized spacial score (nSPS) is 12.3. The summed E-state index contributed by atoms with van der Waals surface area (Å²) >= 11 is 4.70. The third-order valence-electron chi connectivity index (χ3n) is 3.33. The Morgan fingerprint density at radius 3 is 2.42 bits per heavy atom. The Balaban J connectivity index is 2.96. The van der Waals surface area contributed by atoms with E-state index in [0.717, 1.165) is 0 Å². The van der Waals surface area contributed by atoms with E-state index in [4.69, 9.17) is 30.7 Å². The summed E-state index contributed by atoms with van der Waals surface area (Å²) in [6.45, 7) is 6.93. The first-order valence-corrected chi connectivity index (χ1v) is 6.21. The van der Waals surface area contributed by atoms with Gasteiger partial charge in [0.05, 0.1) is 22.6 Å². The molecule has 3 N–H and O–H groups in total. The lowest BCUT2D eigenvalue weighted by Gasteiger charge is -2.37. The van der Waals surface area contributed by atoms with Gasteiger partial charge in [-0.05, 0) is 33.2 Å². The van der Waals surface area contributed by atoms with Crippen molar-refractivity contribution in [3.8, 4) is 0 Å². The molecule has 0 heterocycles. The van der Waals surface area contributed by atoms with Gasteiger partial charge in [-0.2, -0.15) is 4.36 Å². The first-order chi connectivity index (χ1) is 8.60. The van der Waals surface area contributed by atoms with Crippen molar-refractivity contribution in [2.45, 2.75) is 38.9 Å². The second-order valence-corrected chi connectivity index (χ2v) is 5.59. The molecule has 3 radical (unpaired) electrons. The maximum atomic E-state index is 10.0. The molecular formula is C12H17B2N2O2S. The molecule has 0 bridgehead atoms. The van der Waals surface area contributed by atoms with Crippen LogP contribution in [0.15, 0.2) is 16.5 Å². The van der Waals surface area contributed by atoms with E-state index in [2.05, 4.69) is 4.36 Å². The van der Waals surface area contributed by atoms with Crippen molar-refractivity contribution >= 4 is 50.1 Å². The van der Waals surface area contributed by atoms with Gasteiger partial charge in [-0.25, -0.2) is 0 Å². The molecule has 7 heteroatoms. The van der Waals surface area contributed by atoms with Gasteiger partial charge in [0, 0.05) is 12.4 Å². The molecule has 4 nitrogen and oxygen atoms in total. The number of hydrogen-bond donors (Lipinski definition) is 2. The Morgan fingerprint density at radius 2 is 1.95 bits per heavy atom. The number of anilines is 1. The number of nitrogens with two attached hydrogens (primary N) is 1. The smallest absolute Gasteiger partial charge is 0.333 e. The Labute approximate surface area is 121 Å². The predicted molar refractivity (Wildman–Crippen MR) is 82.5 cm³/mol. The first kappa shape index (κ1) is 16.1. The predicted octanol–water partition coefficient (Wildman–Crippen LogP) is 0.235. The molecule has 0 atom stereocenters. The zero-order chi connectivity index (χ0) is 14.8. The van der Waals surface area contributed by atoms with E-state index in [0.29, 0.717) is 22.3 Å². The lowest BCUT2D eigenvalue weighted by molar-refractivity contribution is -0.0893. The highest BCUT2D eigenvalue weighted by molar-refractivity contribution is 7.47. The summed E-state index contributed by atoms with van der Waals surface area (Å²) in [5.41, 5.74) is 5.80. The van der Waals surface area contributed by atoms with Gasteiger partial charge in [-0.1, -0.05) is 17.6 Å². The molecule has 0 aliphatic rings. The van der Waals surface area contributed by atoms with Crippen LogP contribution < -0.4 is 16.7 Å². The average molecular weight is 275 g/mol. The number of nitrogens with zero attached hydrogens (tertiary/aromatic N) is 1. The summed E-state index contributed by atoms with van der Waals surface area (Å²) in [5.74, 6) is 0. The van der Waals surface area contributed by atoms with E-state index in [1.807, 2.05) is 0 Å². The number of benzene rings is 1. The summed E-state index contributed by atoms with van der Waals surface area (Å²) < 4.78 is 9.34. The maximum Gasteiger partial charge on any atom is 0.333 e. The van der Waals surface area contributed by atoms with Gasteiger partial charge in [0.1, 0.15) is 7.85 Å². The number of hydrogen-bond acceptors (Lipinski definition) is 5. The largest absolute Gasteiger partial charge is 0.427 e. The molecule has 0 aliphatic carbocycles. The zero-order valence-corrected chi connectivity index (χ0v) is 12.4. The zero-order valence-electron chi connectivity index (χ0n) is 11.6. The van der Waals surface area contributed by atoms with Crippen molar-refractivity contribution < 1.29 is 9.76 Å². The molecule has 0 spiro atoms. The van der Waals surface area contributed by atoms with Crippen LogP contribution in [0.2, 0.25) is 0 Å². The molecule has 0 aliphatic heterocycles. The van der Waals surface area contributed by atoms with Crippen LogP contribution in [0.25, 0.3) is 0 Å². The Hall–Kier alpha value is -0.910. The number of aliphatic hydroxyl groups is 1. The van der Waals surface area contributed by atoms with Crippen LogP contribution in [0.5, 0.6) is 0 Å². The Morgan fingerprint density at radius 1 is 1.37 bits per heavy atom. The fourth-order valence-electron chi connectivity index (χ4n) is 1.19. The molecule has 0 fully saturated rings. The lowest BCUT2D eigenvalue weighted by Crippen LogP contribution is -2.49. The minimum Gasteiger partial charge on any atom is -0.427 e. The summed E-state index contributed by atoms with van der Waals surface area (Å²) in [7, 11) is 7.18. The van der Waals surface area contributed by atoms with E-state index >= 15 is 0 Å². The molecule has 1 aromatic rings. The first-order valence-electron chi connectivity index (χ1n) is 5.85. The molecule has 0 aromatic heterocycles. The third kappa shape index (κ3) is 3.55. The quantitative estimate of drug-likeness (QED) is 0.596. The van der Waals surface area contributed by atoms with Gasteiger partial charge < -0.3 is 15.5 Å². The highest BCUT2D eigenvalue weighted by Gasteiger charge is 2.36. The van der Waals surface area contributed by atoms with Crippen LogP contribution >= 0.6 is 0 Å². The molecule has 0 saturated carbocycles. The molecule has 99 valence electrons. The number of nitrogen functional groups attached to an aromatic ring is 1. The van der Waals surface area contributed by atoms with Crippen LogP contribution in [0, 0.1) is 0 Å². The van der Waals surface area contributed by atoms with E-state index in [9.17, 15) is 5.11 Å². The highest BCUT2D eigenvalue weighted by atomic mass is 32.1. The molecule has 0 amide bonds. The van der Waals surface area contributed by atoms with Crippen molar-refractivity contribution in [2.24, 2.45) is 4.36 Å². The molecule has 0 saturated heterocycles. The summed E-state index contributed by atoms with van der Waals surface area (Å²) in [6.07, 6.45) is 0. The molecule has 1 rings (SSSR count). The molecule has 0 unspecified atom stereocenters. The SMILES string of the molecule is [B]c1ccc([B]OC(C)(C)C(C)(C)O)c(N=S)c1N. The van der Waals surface area contributed by atoms with Gasteiger partial charge in [-0.3, -0.25) is 0 Å². The second kappa shape index (κ2) is 5.61. The minimum absolute atomic E-state index is 0.327.